The molecule has 1 aromatic rings. The number of carbonyl (C=O) groups excluding carboxylic acids is 2. The fourth-order valence-electron chi connectivity index (χ4n) is 2.08. The van der Waals surface area contributed by atoms with Gasteiger partial charge in [0.25, 0.3) is 0 Å². The molecule has 2 amide bonds. The molecule has 0 fully saturated rings. The summed E-state index contributed by atoms with van der Waals surface area (Å²) in [6.45, 7) is 3.43. The molecule has 0 aliphatic heterocycles. The Kier molecular flexibility index (Phi) is 6.71. The van der Waals surface area contributed by atoms with Gasteiger partial charge in [-0.25, -0.2) is 0 Å². The van der Waals surface area contributed by atoms with E-state index < -0.39 is 11.4 Å². The van der Waals surface area contributed by atoms with Gasteiger partial charge in [0.2, 0.25) is 11.8 Å². The van der Waals surface area contributed by atoms with Crippen LogP contribution < -0.4 is 10.6 Å². The van der Waals surface area contributed by atoms with Gasteiger partial charge in [-0.05, 0) is 29.7 Å². The molecule has 0 aromatic heterocycles. The number of aliphatic carboxylic acids is 1. The van der Waals surface area contributed by atoms with Gasteiger partial charge in [-0.2, -0.15) is 0 Å². The van der Waals surface area contributed by atoms with Gasteiger partial charge in [-0.15, -0.1) is 0 Å². The molecule has 0 saturated carbocycles. The predicted molar refractivity (Wildman–Crippen MR) is 86.2 cm³/mol. The van der Waals surface area contributed by atoms with Crippen molar-refractivity contribution < 1.29 is 24.2 Å². The van der Waals surface area contributed by atoms with Crippen LogP contribution in [0.25, 0.3) is 0 Å². The number of carboxylic acids is 1. The number of carbonyl (C=O) groups is 3. The average molecular weight is 322 g/mol. The summed E-state index contributed by atoms with van der Waals surface area (Å²) in [6, 6.07) is 6.63. The second-order valence-corrected chi connectivity index (χ2v) is 6.02. The van der Waals surface area contributed by atoms with Gasteiger partial charge in [-0.1, -0.05) is 13.8 Å². The zero-order valence-corrected chi connectivity index (χ0v) is 13.5. The zero-order valence-electron chi connectivity index (χ0n) is 13.5. The highest BCUT2D eigenvalue weighted by atomic mass is 16.5. The first kappa shape index (κ1) is 18.6. The Labute approximate surface area is 135 Å². The van der Waals surface area contributed by atoms with Crippen molar-refractivity contribution in [3.8, 4) is 0 Å². The van der Waals surface area contributed by atoms with Crippen LogP contribution in [0.4, 0.5) is 11.4 Å². The van der Waals surface area contributed by atoms with Crippen LogP contribution in [0, 0.1) is 5.41 Å². The van der Waals surface area contributed by atoms with Crippen LogP contribution in [0.1, 0.15) is 26.7 Å². The number of rotatable bonds is 8. The standard InChI is InChI=1S/C16H22N2O5/c1-16(2,9-15(21)22)8-13(19)17-11-4-6-12(7-5-11)18-14(20)10-23-3/h4-7H,8-10H2,1-3H3,(H,17,19)(H,18,20)(H,21,22). The monoisotopic (exact) mass is 322 g/mol. The molecule has 0 atom stereocenters. The highest BCUT2D eigenvalue weighted by molar-refractivity contribution is 5.93. The third-order valence-electron chi connectivity index (χ3n) is 3.00. The fourth-order valence-corrected chi connectivity index (χ4v) is 2.08. The van der Waals surface area contributed by atoms with E-state index in [0.717, 1.165) is 0 Å². The summed E-state index contributed by atoms with van der Waals surface area (Å²) in [5.74, 6) is -1.45. The molecule has 23 heavy (non-hydrogen) atoms. The molecule has 7 nitrogen and oxygen atoms in total. The third-order valence-corrected chi connectivity index (χ3v) is 3.00. The van der Waals surface area contributed by atoms with Gasteiger partial charge < -0.3 is 20.5 Å². The van der Waals surface area contributed by atoms with Crippen molar-refractivity contribution in [3.05, 3.63) is 24.3 Å². The van der Waals surface area contributed by atoms with Crippen LogP contribution in [0.15, 0.2) is 24.3 Å². The lowest BCUT2D eigenvalue weighted by Gasteiger charge is -2.21. The fraction of sp³-hybridized carbons (Fsp3) is 0.438. The molecule has 1 rings (SSSR count). The predicted octanol–water partition coefficient (Wildman–Crippen LogP) is 2.10. The molecular formula is C16H22N2O5. The minimum Gasteiger partial charge on any atom is -0.481 e. The molecule has 0 unspecified atom stereocenters. The molecule has 1 aromatic carbocycles. The van der Waals surface area contributed by atoms with Crippen LogP contribution in [0.5, 0.6) is 0 Å². The number of anilines is 2. The molecule has 0 radical (unpaired) electrons. The van der Waals surface area contributed by atoms with Crippen molar-refractivity contribution in [2.45, 2.75) is 26.7 Å². The van der Waals surface area contributed by atoms with Crippen molar-refractivity contribution in [2.75, 3.05) is 24.4 Å². The molecule has 126 valence electrons. The van der Waals surface area contributed by atoms with E-state index in [9.17, 15) is 14.4 Å². The van der Waals surface area contributed by atoms with Crippen molar-refractivity contribution >= 4 is 29.2 Å². The lowest BCUT2D eigenvalue weighted by Crippen LogP contribution is -2.24. The Balaban J connectivity index is 2.56. The molecule has 0 bridgehead atoms. The second kappa shape index (κ2) is 8.28. The first-order valence-electron chi connectivity index (χ1n) is 7.12. The quantitative estimate of drug-likeness (QED) is 0.680. The summed E-state index contributed by atoms with van der Waals surface area (Å²) in [5.41, 5.74) is 0.548. The summed E-state index contributed by atoms with van der Waals surface area (Å²) >= 11 is 0. The summed E-state index contributed by atoms with van der Waals surface area (Å²) in [6.07, 6.45) is 0.0243. The zero-order chi connectivity index (χ0) is 17.5. The minimum absolute atomic E-state index is 0.0306. The Bertz CT molecular complexity index is 566. The van der Waals surface area contributed by atoms with E-state index in [1.807, 2.05) is 0 Å². The number of hydrogen-bond acceptors (Lipinski definition) is 4. The SMILES string of the molecule is COCC(=O)Nc1ccc(NC(=O)CC(C)(C)CC(=O)O)cc1. The highest BCUT2D eigenvalue weighted by Crippen LogP contribution is 2.25. The normalized spacial score (nSPS) is 10.9. The smallest absolute Gasteiger partial charge is 0.303 e. The second-order valence-electron chi connectivity index (χ2n) is 6.02. The van der Waals surface area contributed by atoms with Gasteiger partial charge in [0.05, 0.1) is 6.42 Å². The van der Waals surface area contributed by atoms with Crippen molar-refractivity contribution in [2.24, 2.45) is 5.41 Å². The topological polar surface area (TPSA) is 105 Å². The summed E-state index contributed by atoms with van der Waals surface area (Å²) in [5, 5.41) is 14.2. The van der Waals surface area contributed by atoms with E-state index in [2.05, 4.69) is 10.6 Å². The lowest BCUT2D eigenvalue weighted by molar-refractivity contribution is -0.139. The number of ether oxygens (including phenoxy) is 1. The van der Waals surface area contributed by atoms with Crippen LogP contribution in [-0.2, 0) is 19.1 Å². The van der Waals surface area contributed by atoms with E-state index in [1.165, 1.54) is 7.11 Å². The first-order chi connectivity index (χ1) is 10.7. The average Bonchev–Trinajstić information content (AvgIpc) is 2.38. The van der Waals surface area contributed by atoms with E-state index >= 15 is 0 Å². The maximum absolute atomic E-state index is 12.0. The number of carboxylic acid groups (broad SMARTS) is 1. The number of amides is 2. The Morgan fingerprint density at radius 1 is 1.00 bits per heavy atom. The number of benzene rings is 1. The maximum atomic E-state index is 12.0. The number of hydrogen-bond donors (Lipinski definition) is 3. The van der Waals surface area contributed by atoms with Crippen molar-refractivity contribution in [1.82, 2.24) is 0 Å². The largest absolute Gasteiger partial charge is 0.481 e. The molecule has 3 N–H and O–H groups in total. The van der Waals surface area contributed by atoms with E-state index in [4.69, 9.17) is 9.84 Å². The number of nitrogens with one attached hydrogen (secondary N) is 2. The van der Waals surface area contributed by atoms with E-state index in [-0.39, 0.29) is 31.3 Å². The van der Waals surface area contributed by atoms with Gasteiger partial charge in [0, 0.05) is 24.9 Å². The molecule has 7 heteroatoms. The minimum atomic E-state index is -0.932. The van der Waals surface area contributed by atoms with Crippen molar-refractivity contribution in [3.63, 3.8) is 0 Å². The number of methoxy groups -OCH3 is 1. The molecular weight excluding hydrogens is 300 g/mol. The molecule has 0 heterocycles. The lowest BCUT2D eigenvalue weighted by atomic mass is 9.85. The first-order valence-corrected chi connectivity index (χ1v) is 7.12. The van der Waals surface area contributed by atoms with Crippen LogP contribution in [-0.4, -0.2) is 36.6 Å². The molecule has 0 aliphatic carbocycles. The Hall–Kier alpha value is -2.41. The van der Waals surface area contributed by atoms with Crippen molar-refractivity contribution in [1.29, 1.82) is 0 Å². The summed E-state index contributed by atoms with van der Waals surface area (Å²) < 4.78 is 4.72. The molecule has 0 aliphatic rings. The summed E-state index contributed by atoms with van der Waals surface area (Å²) in [7, 11) is 1.43. The van der Waals surface area contributed by atoms with Gasteiger partial charge in [0.1, 0.15) is 6.61 Å². The van der Waals surface area contributed by atoms with E-state index in [0.29, 0.717) is 11.4 Å². The van der Waals surface area contributed by atoms with Gasteiger partial charge in [0.15, 0.2) is 0 Å². The Morgan fingerprint density at radius 3 is 1.91 bits per heavy atom. The van der Waals surface area contributed by atoms with Crippen LogP contribution >= 0.6 is 0 Å². The summed E-state index contributed by atoms with van der Waals surface area (Å²) in [4.78, 5) is 34.1. The van der Waals surface area contributed by atoms with Gasteiger partial charge >= 0.3 is 5.97 Å². The Morgan fingerprint density at radius 2 is 1.48 bits per heavy atom. The highest BCUT2D eigenvalue weighted by Gasteiger charge is 2.25. The molecule has 0 spiro atoms. The van der Waals surface area contributed by atoms with Crippen LogP contribution in [0.2, 0.25) is 0 Å². The molecule has 0 saturated heterocycles. The van der Waals surface area contributed by atoms with E-state index in [1.54, 1.807) is 38.1 Å². The van der Waals surface area contributed by atoms with Crippen LogP contribution in [0.3, 0.4) is 0 Å². The van der Waals surface area contributed by atoms with Gasteiger partial charge in [-0.3, -0.25) is 14.4 Å². The third kappa shape index (κ3) is 7.42. The maximum Gasteiger partial charge on any atom is 0.303 e.